The third-order valence-corrected chi connectivity index (χ3v) is 6.71. The van der Waals surface area contributed by atoms with Gasteiger partial charge in [-0.15, -0.1) is 0 Å². The lowest BCUT2D eigenvalue weighted by molar-refractivity contribution is 0.230. The van der Waals surface area contributed by atoms with Crippen LogP contribution < -0.4 is 10.1 Å². The highest BCUT2D eigenvalue weighted by atomic mass is 31.2. The van der Waals surface area contributed by atoms with E-state index >= 15 is 0 Å². The minimum Gasteiger partial charge on any atom is -0.504 e. The van der Waals surface area contributed by atoms with Crippen LogP contribution in [0.15, 0.2) is 18.3 Å². The second kappa shape index (κ2) is 9.48. The lowest BCUT2D eigenvalue weighted by Crippen LogP contribution is -2.03. The van der Waals surface area contributed by atoms with E-state index < -0.39 is 7.60 Å². The van der Waals surface area contributed by atoms with Crippen LogP contribution in [-0.4, -0.2) is 35.2 Å². The van der Waals surface area contributed by atoms with Gasteiger partial charge in [0.25, 0.3) is 0 Å². The molecule has 0 fully saturated rings. The van der Waals surface area contributed by atoms with Crippen molar-refractivity contribution in [2.75, 3.05) is 25.6 Å². The van der Waals surface area contributed by atoms with E-state index in [-0.39, 0.29) is 24.7 Å². The lowest BCUT2D eigenvalue weighted by Gasteiger charge is -2.21. The number of phenolic OH excluding ortho intramolecular Hbond substituents is 1. The van der Waals surface area contributed by atoms with Crippen LogP contribution in [0.25, 0.3) is 5.31 Å². The molecule has 0 spiro atoms. The van der Waals surface area contributed by atoms with Gasteiger partial charge in [-0.3, -0.25) is 9.25 Å². The normalized spacial score (nSPS) is 12.3. The summed E-state index contributed by atoms with van der Waals surface area (Å²) in [5, 5.41) is 18.1. The van der Waals surface area contributed by atoms with Crippen LogP contribution in [0.2, 0.25) is 0 Å². The predicted octanol–water partition coefficient (Wildman–Crippen LogP) is 4.74. The number of phenols is 1. The fourth-order valence-electron chi connectivity index (χ4n) is 3.01. The van der Waals surface area contributed by atoms with Crippen molar-refractivity contribution in [3.8, 4) is 11.5 Å². The second-order valence-electron chi connectivity index (χ2n) is 6.52. The molecular weight excluding hydrogens is 393 g/mol. The third kappa shape index (κ3) is 4.83. The Bertz CT molecular complexity index is 942. The van der Waals surface area contributed by atoms with Crippen molar-refractivity contribution < 1.29 is 23.5 Å². The largest absolute Gasteiger partial charge is 0.504 e. The summed E-state index contributed by atoms with van der Waals surface area (Å²) in [7, 11) is -0.319. The van der Waals surface area contributed by atoms with Gasteiger partial charge in [0.1, 0.15) is 0 Å². The first-order valence-corrected chi connectivity index (χ1v) is 11.0. The molecule has 0 radical (unpaired) electrons. The number of aromatic nitrogens is 2. The van der Waals surface area contributed by atoms with Gasteiger partial charge in [0.15, 0.2) is 11.5 Å². The van der Waals surface area contributed by atoms with Crippen LogP contribution in [0, 0.1) is 20.8 Å². The summed E-state index contributed by atoms with van der Waals surface area (Å²) in [6, 6.07) is 3.34. The lowest BCUT2D eigenvalue weighted by atomic mass is 10.1. The number of rotatable bonds is 9. The van der Waals surface area contributed by atoms with Crippen LogP contribution in [0.3, 0.4) is 0 Å². The van der Waals surface area contributed by atoms with Crippen molar-refractivity contribution in [1.29, 1.82) is 0 Å². The van der Waals surface area contributed by atoms with E-state index in [9.17, 15) is 9.67 Å². The summed E-state index contributed by atoms with van der Waals surface area (Å²) in [5.74, 6) is 0.310. The van der Waals surface area contributed by atoms with Crippen LogP contribution in [-0.2, 0) is 20.7 Å². The van der Waals surface area contributed by atoms with Gasteiger partial charge in [0.05, 0.1) is 42.7 Å². The average Bonchev–Trinajstić information content (AvgIpc) is 2.90. The van der Waals surface area contributed by atoms with Crippen molar-refractivity contribution in [1.82, 2.24) is 9.78 Å². The number of benzene rings is 1. The first-order chi connectivity index (χ1) is 13.7. The van der Waals surface area contributed by atoms with Crippen molar-refractivity contribution in [3.05, 3.63) is 40.8 Å². The zero-order valence-corrected chi connectivity index (χ0v) is 19.0. The SMILES string of the molecule is CCOP(=O)(OCC)/C(=C/Nc1c(C)nn(C)c1C)c1cc(C)c(O)c(OC)c1. The van der Waals surface area contributed by atoms with Gasteiger partial charge < -0.3 is 24.2 Å². The molecule has 0 aliphatic rings. The number of aryl methyl sites for hydroxylation is 3. The van der Waals surface area contributed by atoms with E-state index in [1.54, 1.807) is 43.8 Å². The number of nitrogens with zero attached hydrogens (tertiary/aromatic N) is 2. The highest BCUT2D eigenvalue weighted by molar-refractivity contribution is 7.65. The van der Waals surface area contributed by atoms with Gasteiger partial charge >= 0.3 is 7.60 Å². The van der Waals surface area contributed by atoms with Gasteiger partial charge in [0.2, 0.25) is 0 Å². The molecule has 9 heteroatoms. The van der Waals surface area contributed by atoms with E-state index in [0.29, 0.717) is 16.4 Å². The molecule has 0 atom stereocenters. The first kappa shape index (κ1) is 23.0. The van der Waals surface area contributed by atoms with Crippen molar-refractivity contribution in [3.63, 3.8) is 0 Å². The van der Waals surface area contributed by atoms with Crippen molar-refractivity contribution in [2.24, 2.45) is 7.05 Å². The van der Waals surface area contributed by atoms with E-state index in [2.05, 4.69) is 10.4 Å². The van der Waals surface area contributed by atoms with E-state index in [4.69, 9.17) is 13.8 Å². The molecule has 160 valence electrons. The number of hydrogen-bond acceptors (Lipinski definition) is 7. The molecule has 0 bridgehead atoms. The first-order valence-electron chi connectivity index (χ1n) is 9.43. The molecule has 2 aromatic rings. The maximum absolute atomic E-state index is 13.6. The van der Waals surface area contributed by atoms with Crippen molar-refractivity contribution >= 4 is 18.6 Å². The van der Waals surface area contributed by atoms with Crippen LogP contribution >= 0.6 is 7.60 Å². The number of aromatic hydroxyl groups is 1. The zero-order valence-electron chi connectivity index (χ0n) is 18.1. The maximum Gasteiger partial charge on any atom is 0.363 e. The van der Waals surface area contributed by atoms with E-state index in [0.717, 1.165) is 17.1 Å². The maximum atomic E-state index is 13.6. The Morgan fingerprint density at radius 3 is 2.34 bits per heavy atom. The smallest absolute Gasteiger partial charge is 0.363 e. The molecule has 1 aromatic carbocycles. The Hall–Kier alpha value is -2.28. The Morgan fingerprint density at radius 2 is 1.86 bits per heavy atom. The molecule has 8 nitrogen and oxygen atoms in total. The van der Waals surface area contributed by atoms with Gasteiger partial charge in [-0.2, -0.15) is 5.10 Å². The molecule has 0 saturated heterocycles. The number of hydrogen-bond donors (Lipinski definition) is 2. The van der Waals surface area contributed by atoms with Gasteiger partial charge in [0, 0.05) is 13.2 Å². The Labute approximate surface area is 172 Å². The molecule has 0 amide bonds. The summed E-state index contributed by atoms with van der Waals surface area (Å²) in [5.41, 5.74) is 3.70. The van der Waals surface area contributed by atoms with Gasteiger partial charge in [-0.05, 0) is 57.9 Å². The summed E-state index contributed by atoms with van der Waals surface area (Å²) in [6.45, 7) is 9.52. The third-order valence-electron chi connectivity index (χ3n) is 4.54. The van der Waals surface area contributed by atoms with Crippen molar-refractivity contribution in [2.45, 2.75) is 34.6 Å². The van der Waals surface area contributed by atoms with Crippen LogP contribution in [0.4, 0.5) is 5.69 Å². The highest BCUT2D eigenvalue weighted by Crippen LogP contribution is 2.61. The molecule has 29 heavy (non-hydrogen) atoms. The minimum absolute atomic E-state index is 0.0326. The molecule has 0 unspecified atom stereocenters. The molecule has 0 aliphatic heterocycles. The number of methoxy groups -OCH3 is 1. The molecule has 0 saturated carbocycles. The number of nitrogens with one attached hydrogen (secondary N) is 1. The number of anilines is 1. The fraction of sp³-hybridized carbons (Fsp3) is 0.450. The van der Waals surface area contributed by atoms with Crippen LogP contribution in [0.1, 0.15) is 36.4 Å². The Morgan fingerprint density at radius 1 is 1.24 bits per heavy atom. The topological polar surface area (TPSA) is 94.8 Å². The second-order valence-corrected chi connectivity index (χ2v) is 8.51. The fourth-order valence-corrected chi connectivity index (χ4v) is 4.71. The molecule has 1 aromatic heterocycles. The summed E-state index contributed by atoms with van der Waals surface area (Å²) in [6.07, 6.45) is 1.62. The summed E-state index contributed by atoms with van der Waals surface area (Å²) < 4.78 is 31.8. The van der Waals surface area contributed by atoms with Crippen LogP contribution in [0.5, 0.6) is 11.5 Å². The molecule has 2 N–H and O–H groups in total. The van der Waals surface area contributed by atoms with E-state index in [1.165, 1.54) is 7.11 Å². The van der Waals surface area contributed by atoms with Gasteiger partial charge in [-0.25, -0.2) is 0 Å². The molecule has 2 rings (SSSR count). The minimum atomic E-state index is -3.64. The Kier molecular flexibility index (Phi) is 7.52. The summed E-state index contributed by atoms with van der Waals surface area (Å²) in [4.78, 5) is 0. The average molecular weight is 423 g/mol. The standard InChI is InChI=1S/C20H30N3O5P/c1-8-27-29(25,28-9-2)18(12-21-19-14(4)22-23(6)15(19)5)16-10-13(3)20(24)17(11-16)26-7/h10-12,21,24H,8-9H2,1-7H3/b18-12+. The molecule has 0 aliphatic carbocycles. The Balaban J connectivity index is 2.66. The van der Waals surface area contributed by atoms with E-state index in [1.807, 2.05) is 20.9 Å². The number of ether oxygens (including phenoxy) is 1. The molecular formula is C20H30N3O5P. The molecule has 1 heterocycles. The van der Waals surface area contributed by atoms with Gasteiger partial charge in [-0.1, -0.05) is 0 Å². The monoisotopic (exact) mass is 423 g/mol. The quantitative estimate of drug-likeness (QED) is 0.563. The highest BCUT2D eigenvalue weighted by Gasteiger charge is 2.32. The summed E-state index contributed by atoms with van der Waals surface area (Å²) >= 11 is 0. The predicted molar refractivity (Wildman–Crippen MR) is 115 cm³/mol. The zero-order chi connectivity index (χ0) is 21.8.